The Hall–Kier alpha value is -1.22. The molecule has 3 heteroatoms. The molecule has 0 aliphatic carbocycles. The maximum Gasteiger partial charge on any atom is 0.160 e. The Morgan fingerprint density at radius 2 is 2.31 bits per heavy atom. The van der Waals surface area contributed by atoms with Crippen molar-refractivity contribution >= 4 is 15.4 Å². The van der Waals surface area contributed by atoms with Crippen molar-refractivity contribution < 1.29 is 9.84 Å². The van der Waals surface area contributed by atoms with Crippen molar-refractivity contribution in [3.05, 3.63) is 30.4 Å². The lowest BCUT2D eigenvalue weighted by atomic mass is 10.1. The number of phenolic OH excluding ortho intramolecular Hbond substituents is 1. The third-order valence-corrected chi connectivity index (χ3v) is 2.69. The highest BCUT2D eigenvalue weighted by molar-refractivity contribution is 6.34. The number of hydrogen-bond acceptors (Lipinski definition) is 2. The molecule has 70 valence electrons. The molecule has 1 aromatic carbocycles. The summed E-state index contributed by atoms with van der Waals surface area (Å²) in [6.45, 7) is 3.67. The van der Waals surface area contributed by atoms with Crippen LogP contribution in [-0.4, -0.2) is 22.5 Å². The second kappa shape index (κ2) is 4.14. The van der Waals surface area contributed by atoms with Gasteiger partial charge in [-0.3, -0.25) is 0 Å². The van der Waals surface area contributed by atoms with Crippen molar-refractivity contribution in [1.29, 1.82) is 0 Å². The first-order valence-electron chi connectivity index (χ1n) is 4.16. The zero-order valence-electron chi connectivity index (χ0n) is 8.00. The molecule has 0 radical (unpaired) electrons. The monoisotopic (exact) mass is 194 g/mol. The van der Waals surface area contributed by atoms with Crippen molar-refractivity contribution in [2.75, 3.05) is 7.11 Å². The van der Waals surface area contributed by atoms with Crippen LogP contribution in [0, 0.1) is 0 Å². The summed E-state index contributed by atoms with van der Waals surface area (Å²) in [5.41, 5.74) is 1.13. The number of ether oxygens (including phenoxy) is 1. The van der Waals surface area contributed by atoms with Crippen molar-refractivity contribution in [3.63, 3.8) is 0 Å². The Balaban J connectivity index is 3.13. The van der Waals surface area contributed by atoms with Gasteiger partial charge < -0.3 is 9.84 Å². The molecule has 0 bridgehead atoms. The minimum absolute atomic E-state index is 0.280. The fourth-order valence-electron chi connectivity index (χ4n) is 1.26. The van der Waals surface area contributed by atoms with Crippen LogP contribution in [0.3, 0.4) is 0 Å². The summed E-state index contributed by atoms with van der Waals surface area (Å²) in [5.74, 6) is 0.839. The van der Waals surface area contributed by atoms with E-state index in [9.17, 15) is 5.11 Å². The summed E-state index contributed by atoms with van der Waals surface area (Å²) >= 11 is 0. The topological polar surface area (TPSA) is 29.5 Å². The fourth-order valence-corrected chi connectivity index (χ4v) is 1.88. The lowest BCUT2D eigenvalue weighted by Crippen LogP contribution is -2.06. The van der Waals surface area contributed by atoms with Crippen LogP contribution in [0.2, 0.25) is 0 Å². The normalized spacial score (nSPS) is 9.92. The predicted molar refractivity (Wildman–Crippen MR) is 58.1 cm³/mol. The second-order valence-corrected chi connectivity index (χ2v) is 4.03. The van der Waals surface area contributed by atoms with E-state index >= 15 is 0 Å². The average molecular weight is 194 g/mol. The van der Waals surface area contributed by atoms with E-state index in [1.807, 2.05) is 18.2 Å². The van der Waals surface area contributed by atoms with Gasteiger partial charge in [-0.15, -0.1) is 6.58 Å². The van der Waals surface area contributed by atoms with E-state index in [1.165, 1.54) is 0 Å². The molecule has 1 aromatic rings. The second-order valence-electron chi connectivity index (χ2n) is 2.96. The largest absolute Gasteiger partial charge is 0.504 e. The van der Waals surface area contributed by atoms with E-state index in [4.69, 9.17) is 4.74 Å². The lowest BCUT2D eigenvalue weighted by Gasteiger charge is -2.08. The molecule has 0 unspecified atom stereocenters. The summed E-state index contributed by atoms with van der Waals surface area (Å²) in [7, 11) is 2.38. The summed E-state index contributed by atoms with van der Waals surface area (Å²) in [6.07, 6.45) is 2.65. The van der Waals surface area contributed by atoms with E-state index in [0.717, 1.165) is 27.4 Å². The molecule has 0 amide bonds. The van der Waals surface area contributed by atoms with Crippen LogP contribution in [0.25, 0.3) is 0 Å². The van der Waals surface area contributed by atoms with Crippen LogP contribution < -0.4 is 9.92 Å². The first-order valence-corrected chi connectivity index (χ1v) is 5.16. The highest BCUT2D eigenvalue weighted by atomic mass is 28.1. The third kappa shape index (κ3) is 2.12. The number of rotatable bonds is 3. The number of allylic oxidation sites excluding steroid dienone is 1. The van der Waals surface area contributed by atoms with Gasteiger partial charge in [0.1, 0.15) is 0 Å². The number of aromatic hydroxyl groups is 1. The van der Waals surface area contributed by atoms with Gasteiger partial charge in [0.05, 0.1) is 7.11 Å². The highest BCUT2D eigenvalue weighted by Crippen LogP contribution is 2.24. The number of phenols is 1. The Labute approximate surface area is 81.3 Å². The average Bonchev–Trinajstić information content (AvgIpc) is 2.11. The van der Waals surface area contributed by atoms with Gasteiger partial charge >= 0.3 is 0 Å². The molecule has 0 atom stereocenters. The molecule has 0 aliphatic rings. The van der Waals surface area contributed by atoms with Gasteiger partial charge in [0.15, 0.2) is 11.5 Å². The maximum atomic E-state index is 9.57. The van der Waals surface area contributed by atoms with Crippen LogP contribution >= 0.6 is 0 Å². The van der Waals surface area contributed by atoms with Crippen molar-refractivity contribution in [1.82, 2.24) is 0 Å². The van der Waals surface area contributed by atoms with E-state index in [0.29, 0.717) is 5.75 Å². The minimum Gasteiger partial charge on any atom is -0.504 e. The summed E-state index contributed by atoms with van der Waals surface area (Å²) in [4.78, 5) is 0. The minimum atomic E-state index is 0.280. The number of benzene rings is 1. The van der Waals surface area contributed by atoms with Crippen LogP contribution in [0.4, 0.5) is 0 Å². The Morgan fingerprint density at radius 3 is 2.85 bits per heavy atom. The maximum absolute atomic E-state index is 9.57. The summed E-state index contributed by atoms with van der Waals surface area (Å²) < 4.78 is 5.05. The molecule has 2 nitrogen and oxygen atoms in total. The Kier molecular flexibility index (Phi) is 3.14. The third-order valence-electron chi connectivity index (χ3n) is 1.93. The molecule has 0 heterocycles. The molecule has 0 aliphatic heterocycles. The van der Waals surface area contributed by atoms with Crippen molar-refractivity contribution in [3.8, 4) is 11.5 Å². The molecule has 0 saturated carbocycles. The van der Waals surface area contributed by atoms with E-state index < -0.39 is 0 Å². The van der Waals surface area contributed by atoms with Gasteiger partial charge in [-0.2, -0.15) is 0 Å². The lowest BCUT2D eigenvalue weighted by molar-refractivity contribution is 0.375. The number of methoxy groups -OCH3 is 1. The van der Waals surface area contributed by atoms with E-state index in [2.05, 4.69) is 6.58 Å². The van der Waals surface area contributed by atoms with Gasteiger partial charge in [-0.1, -0.05) is 12.1 Å². The van der Waals surface area contributed by atoms with Crippen LogP contribution in [0.1, 0.15) is 5.56 Å². The smallest absolute Gasteiger partial charge is 0.160 e. The fraction of sp³-hybridized carbons (Fsp3) is 0.200. The molecule has 0 fully saturated rings. The first-order chi connectivity index (χ1) is 6.19. The van der Waals surface area contributed by atoms with E-state index in [-0.39, 0.29) is 5.75 Å². The zero-order chi connectivity index (χ0) is 9.84. The predicted octanol–water partition coefficient (Wildman–Crippen LogP) is 0.120. The van der Waals surface area contributed by atoms with Crippen LogP contribution in [0.5, 0.6) is 11.5 Å². The van der Waals surface area contributed by atoms with Crippen LogP contribution in [0.15, 0.2) is 24.8 Å². The molecule has 1 rings (SSSR count). The van der Waals surface area contributed by atoms with Crippen molar-refractivity contribution in [2.45, 2.75) is 6.42 Å². The van der Waals surface area contributed by atoms with Gasteiger partial charge in [0.2, 0.25) is 0 Å². The van der Waals surface area contributed by atoms with Gasteiger partial charge in [-0.25, -0.2) is 0 Å². The summed E-state index contributed by atoms with van der Waals surface area (Å²) in [6, 6.07) is 3.84. The molecule has 13 heavy (non-hydrogen) atoms. The molecule has 0 spiro atoms. The SMILES string of the molecule is C=CCc1cc([SiH3])c(O)c(OC)c1. The van der Waals surface area contributed by atoms with Gasteiger partial charge in [0, 0.05) is 10.2 Å². The zero-order valence-corrected chi connectivity index (χ0v) is 10.0. The summed E-state index contributed by atoms with van der Waals surface area (Å²) in [5, 5.41) is 10.5. The highest BCUT2D eigenvalue weighted by Gasteiger charge is 2.05. The molecular formula is C10H14O2Si. The quantitative estimate of drug-likeness (QED) is 0.547. The number of hydrogen-bond donors (Lipinski definition) is 1. The van der Waals surface area contributed by atoms with Gasteiger partial charge in [-0.05, 0) is 23.2 Å². The first kappa shape index (κ1) is 9.86. The molecule has 1 N–H and O–H groups in total. The molecule has 0 aromatic heterocycles. The Morgan fingerprint density at radius 1 is 1.62 bits per heavy atom. The standard InChI is InChI=1S/C10H14O2Si/c1-3-4-7-5-8(12-2)10(11)9(13)6-7/h3,5-6,11H,1,4H2,2,13H3. The Bertz CT molecular complexity index is 321. The van der Waals surface area contributed by atoms with E-state index in [1.54, 1.807) is 7.11 Å². The van der Waals surface area contributed by atoms with Crippen molar-refractivity contribution in [2.24, 2.45) is 0 Å². The molecule has 0 saturated heterocycles. The van der Waals surface area contributed by atoms with Crippen LogP contribution in [-0.2, 0) is 6.42 Å². The van der Waals surface area contributed by atoms with Gasteiger partial charge in [0.25, 0.3) is 0 Å². The molecular weight excluding hydrogens is 180 g/mol.